The van der Waals surface area contributed by atoms with Gasteiger partial charge in [0.15, 0.2) is 5.82 Å². The Bertz CT molecular complexity index is 1270. The van der Waals surface area contributed by atoms with E-state index in [9.17, 15) is 14.0 Å². The Hall–Kier alpha value is -3.90. The summed E-state index contributed by atoms with van der Waals surface area (Å²) in [6.07, 6.45) is 1.75. The maximum Gasteiger partial charge on any atom is 0.412 e. The molecule has 11 nitrogen and oxygen atoms in total. The van der Waals surface area contributed by atoms with Crippen LogP contribution in [0.5, 0.6) is 0 Å². The zero-order chi connectivity index (χ0) is 25.3. The van der Waals surface area contributed by atoms with Crippen molar-refractivity contribution in [3.8, 4) is 22.6 Å². The smallest absolute Gasteiger partial charge is 0.376 e. The van der Waals surface area contributed by atoms with Crippen molar-refractivity contribution >= 4 is 18.0 Å². The number of imidazole rings is 1. The predicted molar refractivity (Wildman–Crippen MR) is 125 cm³/mol. The summed E-state index contributed by atoms with van der Waals surface area (Å²) in [5, 5.41) is 0. The van der Waals surface area contributed by atoms with Gasteiger partial charge in [0.05, 0.1) is 30.3 Å². The van der Waals surface area contributed by atoms with Gasteiger partial charge in [0.1, 0.15) is 11.2 Å². The Morgan fingerprint density at radius 3 is 2.50 bits per heavy atom. The second kappa shape index (κ2) is 9.63. The monoisotopic (exact) mass is 496 g/mol. The van der Waals surface area contributed by atoms with Crippen molar-refractivity contribution in [3.63, 3.8) is 0 Å². The molecular formula is C24H25FN6O5. The maximum absolute atomic E-state index is 13.6. The number of carbonyl (C=O) groups is 2. The third-order valence-corrected chi connectivity index (χ3v) is 6.14. The number of carbonyl (C=O) groups excluding carboxylic acids is 2. The van der Waals surface area contributed by atoms with Crippen molar-refractivity contribution < 1.29 is 28.2 Å². The summed E-state index contributed by atoms with van der Waals surface area (Å²) in [7, 11) is 0. The number of primary amides is 1. The zero-order valence-corrected chi connectivity index (χ0v) is 19.6. The zero-order valence-electron chi connectivity index (χ0n) is 19.6. The molecule has 36 heavy (non-hydrogen) atoms. The van der Waals surface area contributed by atoms with Gasteiger partial charge in [0.25, 0.3) is 0 Å². The van der Waals surface area contributed by atoms with Crippen LogP contribution in [0.1, 0.15) is 31.9 Å². The van der Waals surface area contributed by atoms with Crippen molar-refractivity contribution in [1.82, 2.24) is 19.9 Å². The predicted octanol–water partition coefficient (Wildman–Crippen LogP) is 2.95. The van der Waals surface area contributed by atoms with Crippen LogP contribution in [-0.2, 0) is 19.0 Å². The summed E-state index contributed by atoms with van der Waals surface area (Å²) >= 11 is 0. The molecule has 0 spiro atoms. The van der Waals surface area contributed by atoms with Crippen LogP contribution >= 0.6 is 0 Å². The minimum Gasteiger partial charge on any atom is -0.376 e. The molecule has 3 aromatic rings. The number of ether oxygens (including phenoxy) is 3. The molecule has 188 valence electrons. The van der Waals surface area contributed by atoms with Crippen LogP contribution in [0, 0.1) is 11.2 Å². The number of nitrogens with two attached hydrogens (primary N) is 1. The van der Waals surface area contributed by atoms with Gasteiger partial charge < -0.3 is 29.8 Å². The molecule has 1 aromatic carbocycles. The van der Waals surface area contributed by atoms with E-state index in [0.717, 1.165) is 25.9 Å². The fourth-order valence-corrected chi connectivity index (χ4v) is 4.16. The first-order valence-electron chi connectivity index (χ1n) is 11.5. The molecule has 2 saturated heterocycles. The number of nitrogens with zero attached hydrogens (tertiary/aromatic N) is 4. The Morgan fingerprint density at radius 1 is 1.14 bits per heavy atom. The van der Waals surface area contributed by atoms with Gasteiger partial charge in [-0.15, -0.1) is 0 Å². The van der Waals surface area contributed by atoms with E-state index in [1.165, 1.54) is 12.1 Å². The van der Waals surface area contributed by atoms with Crippen LogP contribution in [0.2, 0.25) is 0 Å². The molecule has 1 amide bonds. The van der Waals surface area contributed by atoms with Crippen molar-refractivity contribution in [2.75, 3.05) is 31.2 Å². The molecule has 0 aliphatic carbocycles. The lowest BCUT2D eigenvalue weighted by molar-refractivity contribution is -0.236. The number of nitrogens with one attached hydrogen (secondary N) is 1. The molecule has 2 aliphatic heterocycles. The quantitative estimate of drug-likeness (QED) is 0.402. The second-order valence-corrected chi connectivity index (χ2v) is 9.01. The highest BCUT2D eigenvalue weighted by Gasteiger charge is 2.43. The minimum absolute atomic E-state index is 0.0850. The Labute approximate surface area is 205 Å². The molecule has 2 aliphatic rings. The third kappa shape index (κ3) is 4.77. The number of amides is 1. The molecule has 0 radical (unpaired) electrons. The second-order valence-electron chi connectivity index (χ2n) is 9.01. The number of H-pyrrole nitrogens is 1. The SMILES string of the molecule is CC1(C(=O)OC(N)=O)COC(c2nc(-c3ccc(F)cc3)c(-c3ccnc(N4CCCC4)n3)[nH]2)OC1. The number of aromatic nitrogens is 4. The number of esters is 1. The summed E-state index contributed by atoms with van der Waals surface area (Å²) in [5.74, 6) is -0.234. The fraction of sp³-hybridized carbons (Fsp3) is 0.375. The summed E-state index contributed by atoms with van der Waals surface area (Å²) in [6, 6.07) is 7.73. The van der Waals surface area contributed by atoms with Gasteiger partial charge in [-0.1, -0.05) is 0 Å². The molecule has 12 heteroatoms. The van der Waals surface area contributed by atoms with Gasteiger partial charge in [0.2, 0.25) is 12.2 Å². The Balaban J connectivity index is 1.46. The number of benzene rings is 1. The lowest BCUT2D eigenvalue weighted by Gasteiger charge is -2.34. The van der Waals surface area contributed by atoms with E-state index >= 15 is 0 Å². The Kier molecular flexibility index (Phi) is 6.37. The van der Waals surface area contributed by atoms with Crippen LogP contribution in [0.4, 0.5) is 15.1 Å². The van der Waals surface area contributed by atoms with Crippen LogP contribution in [0.15, 0.2) is 36.5 Å². The number of hydrogen-bond donors (Lipinski definition) is 2. The summed E-state index contributed by atoms with van der Waals surface area (Å²) < 4.78 is 29.7. The van der Waals surface area contributed by atoms with E-state index in [2.05, 4.69) is 24.6 Å². The highest BCUT2D eigenvalue weighted by Crippen LogP contribution is 2.36. The molecule has 2 fully saturated rings. The van der Waals surface area contributed by atoms with Crippen molar-refractivity contribution in [1.29, 1.82) is 0 Å². The highest BCUT2D eigenvalue weighted by molar-refractivity contribution is 5.87. The summed E-state index contributed by atoms with van der Waals surface area (Å²) in [5.41, 5.74) is 6.14. The van der Waals surface area contributed by atoms with E-state index in [-0.39, 0.29) is 19.0 Å². The molecule has 0 bridgehead atoms. The third-order valence-electron chi connectivity index (χ3n) is 6.14. The first kappa shape index (κ1) is 23.8. The van der Waals surface area contributed by atoms with Crippen molar-refractivity contribution in [2.45, 2.75) is 26.1 Å². The van der Waals surface area contributed by atoms with E-state index < -0.39 is 23.8 Å². The van der Waals surface area contributed by atoms with Gasteiger partial charge in [-0.3, -0.25) is 4.79 Å². The van der Waals surface area contributed by atoms with Gasteiger partial charge in [-0.25, -0.2) is 24.1 Å². The average Bonchev–Trinajstić information content (AvgIpc) is 3.56. The van der Waals surface area contributed by atoms with Crippen molar-refractivity contribution in [2.24, 2.45) is 11.1 Å². The molecule has 3 N–H and O–H groups in total. The van der Waals surface area contributed by atoms with E-state index in [1.807, 2.05) is 0 Å². The lowest BCUT2D eigenvalue weighted by atomic mass is 9.92. The minimum atomic E-state index is -1.21. The molecule has 0 saturated carbocycles. The first-order valence-corrected chi connectivity index (χ1v) is 11.5. The van der Waals surface area contributed by atoms with Crippen molar-refractivity contribution in [3.05, 3.63) is 48.2 Å². The average molecular weight is 496 g/mol. The van der Waals surface area contributed by atoms with E-state index in [1.54, 1.807) is 31.3 Å². The summed E-state index contributed by atoms with van der Waals surface area (Å²) in [6.45, 7) is 3.16. The number of rotatable bonds is 5. The van der Waals surface area contributed by atoms with E-state index in [4.69, 9.17) is 20.2 Å². The standard InChI is InChI=1S/C24H25FN6O5/c1-24(21(32)36-22(26)33)12-34-20(35-13-24)19-29-17(14-4-6-15(25)7-5-14)18(30-19)16-8-9-27-23(28-16)31-10-2-3-11-31/h4-9,20H,2-3,10-13H2,1H3,(H2,26,33)(H,29,30). The maximum atomic E-state index is 13.6. The topological polar surface area (TPSA) is 146 Å². The lowest BCUT2D eigenvalue weighted by Crippen LogP contribution is -2.45. The van der Waals surface area contributed by atoms with Crippen LogP contribution < -0.4 is 10.6 Å². The van der Waals surface area contributed by atoms with Gasteiger partial charge in [-0.2, -0.15) is 0 Å². The number of anilines is 1. The van der Waals surface area contributed by atoms with Crippen LogP contribution in [0.3, 0.4) is 0 Å². The Morgan fingerprint density at radius 2 is 1.83 bits per heavy atom. The van der Waals surface area contributed by atoms with Gasteiger partial charge in [0, 0.05) is 24.8 Å². The molecule has 0 unspecified atom stereocenters. The molecular weight excluding hydrogens is 471 g/mol. The first-order chi connectivity index (χ1) is 17.3. The highest BCUT2D eigenvalue weighted by atomic mass is 19.1. The fourth-order valence-electron chi connectivity index (χ4n) is 4.16. The molecule has 4 heterocycles. The van der Waals surface area contributed by atoms with Crippen LogP contribution in [-0.4, -0.2) is 58.3 Å². The number of halogens is 1. The number of hydrogen-bond acceptors (Lipinski definition) is 9. The molecule has 0 atom stereocenters. The largest absolute Gasteiger partial charge is 0.412 e. The van der Waals surface area contributed by atoms with Gasteiger partial charge >= 0.3 is 12.1 Å². The molecule has 2 aromatic heterocycles. The molecule has 5 rings (SSSR count). The summed E-state index contributed by atoms with van der Waals surface area (Å²) in [4.78, 5) is 42.4. The van der Waals surface area contributed by atoms with Crippen LogP contribution in [0.25, 0.3) is 22.6 Å². The van der Waals surface area contributed by atoms with Gasteiger partial charge in [-0.05, 0) is 50.1 Å². The number of aromatic amines is 1. The normalized spacial score (nSPS) is 21.9. The van der Waals surface area contributed by atoms with E-state index in [0.29, 0.717) is 34.4 Å².